The summed E-state index contributed by atoms with van der Waals surface area (Å²) in [5.41, 5.74) is 0.872. The van der Waals surface area contributed by atoms with Crippen molar-refractivity contribution in [3.63, 3.8) is 0 Å². The molecule has 21 heavy (non-hydrogen) atoms. The van der Waals surface area contributed by atoms with Crippen LogP contribution in [0.15, 0.2) is 36.5 Å². The predicted octanol–water partition coefficient (Wildman–Crippen LogP) is 2.42. The number of urea groups is 1. The highest BCUT2D eigenvalue weighted by molar-refractivity contribution is 5.84. The lowest BCUT2D eigenvalue weighted by molar-refractivity contribution is 0.188. The first-order chi connectivity index (χ1) is 10.3. The summed E-state index contributed by atoms with van der Waals surface area (Å²) in [6, 6.07) is 9.84. The van der Waals surface area contributed by atoms with Gasteiger partial charge in [-0.15, -0.1) is 0 Å². The molecule has 1 aromatic heterocycles. The minimum absolute atomic E-state index is 0.0142. The van der Waals surface area contributed by atoms with Crippen molar-refractivity contribution in [2.75, 3.05) is 19.6 Å². The highest BCUT2D eigenvalue weighted by Crippen LogP contribution is 2.26. The van der Waals surface area contributed by atoms with Crippen LogP contribution in [0.4, 0.5) is 4.79 Å². The number of fused-ring (bicyclic) bond motifs is 1. The van der Waals surface area contributed by atoms with Crippen LogP contribution < -0.4 is 10.1 Å². The number of amides is 2. The van der Waals surface area contributed by atoms with Gasteiger partial charge in [0.2, 0.25) is 0 Å². The zero-order valence-corrected chi connectivity index (χ0v) is 12.1. The Balaban J connectivity index is 1.71. The van der Waals surface area contributed by atoms with Gasteiger partial charge in [0.05, 0.1) is 6.54 Å². The van der Waals surface area contributed by atoms with Crippen LogP contribution in [0.1, 0.15) is 13.3 Å². The molecule has 1 fully saturated rings. The van der Waals surface area contributed by atoms with E-state index in [4.69, 9.17) is 4.74 Å². The van der Waals surface area contributed by atoms with Gasteiger partial charge < -0.3 is 15.0 Å². The van der Waals surface area contributed by atoms with Crippen molar-refractivity contribution < 1.29 is 9.53 Å². The Labute approximate surface area is 123 Å². The summed E-state index contributed by atoms with van der Waals surface area (Å²) in [5.74, 6) is 0.788. The van der Waals surface area contributed by atoms with Gasteiger partial charge in [-0.1, -0.05) is 18.2 Å². The van der Waals surface area contributed by atoms with Crippen LogP contribution in [0.3, 0.4) is 0 Å². The molecule has 1 aromatic carbocycles. The van der Waals surface area contributed by atoms with Gasteiger partial charge in [-0.2, -0.15) is 0 Å². The molecule has 1 atom stereocenters. The van der Waals surface area contributed by atoms with Crippen LogP contribution in [0.5, 0.6) is 5.75 Å². The second-order valence-corrected chi connectivity index (χ2v) is 5.14. The van der Waals surface area contributed by atoms with Gasteiger partial charge in [0.25, 0.3) is 0 Å². The number of nitrogens with zero attached hydrogens (tertiary/aromatic N) is 2. The monoisotopic (exact) mass is 285 g/mol. The van der Waals surface area contributed by atoms with E-state index in [2.05, 4.69) is 10.3 Å². The van der Waals surface area contributed by atoms with Gasteiger partial charge in [-0.05, 0) is 19.1 Å². The molecule has 2 aromatic rings. The zero-order chi connectivity index (χ0) is 14.7. The number of pyridine rings is 1. The molecule has 0 aliphatic carbocycles. The summed E-state index contributed by atoms with van der Waals surface area (Å²) < 4.78 is 6.06. The number of hydrogen-bond acceptors (Lipinski definition) is 3. The third-order valence-corrected chi connectivity index (χ3v) is 3.65. The molecule has 2 heterocycles. The first-order valence-electron chi connectivity index (χ1n) is 7.31. The maximum atomic E-state index is 11.8. The SMILES string of the molecule is CCNC(=O)N1CC[C@@H](Oc2cccc3cccnc23)C1. The summed E-state index contributed by atoms with van der Waals surface area (Å²) in [4.78, 5) is 18.0. The third kappa shape index (κ3) is 2.91. The van der Waals surface area contributed by atoms with Gasteiger partial charge in [-0.3, -0.25) is 4.98 Å². The Morgan fingerprint density at radius 1 is 1.43 bits per heavy atom. The number of rotatable bonds is 3. The number of para-hydroxylation sites is 1. The summed E-state index contributed by atoms with van der Waals surface area (Å²) in [7, 11) is 0. The molecular weight excluding hydrogens is 266 g/mol. The van der Waals surface area contributed by atoms with Gasteiger partial charge >= 0.3 is 6.03 Å². The maximum Gasteiger partial charge on any atom is 0.317 e. The van der Waals surface area contributed by atoms with E-state index in [0.29, 0.717) is 13.1 Å². The molecule has 3 rings (SSSR count). The van der Waals surface area contributed by atoms with E-state index in [1.165, 1.54) is 0 Å². The molecule has 5 nitrogen and oxygen atoms in total. The highest BCUT2D eigenvalue weighted by atomic mass is 16.5. The smallest absolute Gasteiger partial charge is 0.317 e. The molecule has 5 heteroatoms. The number of likely N-dealkylation sites (tertiary alicyclic amines) is 1. The molecule has 1 N–H and O–H groups in total. The van der Waals surface area contributed by atoms with E-state index in [-0.39, 0.29) is 12.1 Å². The third-order valence-electron chi connectivity index (χ3n) is 3.65. The first kappa shape index (κ1) is 13.7. The fourth-order valence-electron chi connectivity index (χ4n) is 2.62. The molecule has 0 saturated carbocycles. The van der Waals surface area contributed by atoms with Crippen LogP contribution in [-0.4, -0.2) is 41.7 Å². The number of carbonyl (C=O) groups excluding carboxylic acids is 1. The minimum Gasteiger partial charge on any atom is -0.486 e. The van der Waals surface area contributed by atoms with Crippen molar-refractivity contribution >= 4 is 16.9 Å². The fourth-order valence-corrected chi connectivity index (χ4v) is 2.62. The van der Waals surface area contributed by atoms with Gasteiger partial charge in [0.15, 0.2) is 0 Å². The summed E-state index contributed by atoms with van der Waals surface area (Å²) in [6.07, 6.45) is 2.64. The van der Waals surface area contributed by atoms with Gasteiger partial charge in [0.1, 0.15) is 17.4 Å². The molecule has 1 aliphatic heterocycles. The molecule has 2 amide bonds. The largest absolute Gasteiger partial charge is 0.486 e. The van der Waals surface area contributed by atoms with E-state index in [0.717, 1.165) is 29.6 Å². The summed E-state index contributed by atoms with van der Waals surface area (Å²) in [5, 5.41) is 3.88. The van der Waals surface area contributed by atoms with Gasteiger partial charge in [0, 0.05) is 31.1 Å². The van der Waals surface area contributed by atoms with Crippen molar-refractivity contribution in [1.29, 1.82) is 0 Å². The van der Waals surface area contributed by atoms with E-state index in [9.17, 15) is 4.79 Å². The highest BCUT2D eigenvalue weighted by Gasteiger charge is 2.27. The van der Waals surface area contributed by atoms with Crippen LogP contribution in [0, 0.1) is 0 Å². The molecule has 0 spiro atoms. The average Bonchev–Trinajstić information content (AvgIpc) is 2.97. The molecule has 0 radical (unpaired) electrons. The Morgan fingerprint density at radius 2 is 2.29 bits per heavy atom. The number of nitrogens with one attached hydrogen (secondary N) is 1. The lowest BCUT2D eigenvalue weighted by Gasteiger charge is -2.17. The predicted molar refractivity (Wildman–Crippen MR) is 81.4 cm³/mol. The van der Waals surface area contributed by atoms with Crippen molar-refractivity contribution in [3.05, 3.63) is 36.5 Å². The quantitative estimate of drug-likeness (QED) is 0.942. The van der Waals surface area contributed by atoms with Gasteiger partial charge in [-0.25, -0.2) is 4.79 Å². The lowest BCUT2D eigenvalue weighted by Crippen LogP contribution is -2.39. The van der Waals surface area contributed by atoms with E-state index < -0.39 is 0 Å². The molecule has 110 valence electrons. The fraction of sp³-hybridized carbons (Fsp3) is 0.375. The number of hydrogen-bond donors (Lipinski definition) is 1. The van der Waals surface area contributed by atoms with Crippen LogP contribution in [0.2, 0.25) is 0 Å². The van der Waals surface area contributed by atoms with E-state index in [1.54, 1.807) is 11.1 Å². The minimum atomic E-state index is -0.0142. The second-order valence-electron chi connectivity index (χ2n) is 5.14. The number of carbonyl (C=O) groups is 1. The molecular formula is C16H19N3O2. The number of ether oxygens (including phenoxy) is 1. The van der Waals surface area contributed by atoms with Crippen LogP contribution in [-0.2, 0) is 0 Å². The Hall–Kier alpha value is -2.30. The van der Waals surface area contributed by atoms with Crippen molar-refractivity contribution in [2.45, 2.75) is 19.4 Å². The Morgan fingerprint density at radius 3 is 3.14 bits per heavy atom. The number of benzene rings is 1. The standard InChI is InChI=1S/C16H19N3O2/c1-2-17-16(20)19-10-8-13(11-19)21-14-7-3-5-12-6-4-9-18-15(12)14/h3-7,9,13H,2,8,10-11H2,1H3,(H,17,20)/t13-/m1/s1. The Kier molecular flexibility index (Phi) is 3.90. The Bertz CT molecular complexity index is 639. The molecule has 1 saturated heterocycles. The van der Waals surface area contributed by atoms with Crippen LogP contribution >= 0.6 is 0 Å². The van der Waals surface area contributed by atoms with Crippen molar-refractivity contribution in [2.24, 2.45) is 0 Å². The second kappa shape index (κ2) is 5.99. The van der Waals surface area contributed by atoms with Crippen LogP contribution in [0.25, 0.3) is 10.9 Å². The molecule has 0 bridgehead atoms. The summed E-state index contributed by atoms with van der Waals surface area (Å²) in [6.45, 7) is 3.92. The van der Waals surface area contributed by atoms with Crippen molar-refractivity contribution in [1.82, 2.24) is 15.2 Å². The maximum absolute atomic E-state index is 11.8. The first-order valence-corrected chi connectivity index (χ1v) is 7.31. The number of aromatic nitrogens is 1. The van der Waals surface area contributed by atoms with Crippen molar-refractivity contribution in [3.8, 4) is 5.75 Å². The lowest BCUT2D eigenvalue weighted by atomic mass is 10.2. The molecule has 1 aliphatic rings. The summed E-state index contributed by atoms with van der Waals surface area (Å²) >= 11 is 0. The van der Waals surface area contributed by atoms with E-state index in [1.807, 2.05) is 37.3 Å². The average molecular weight is 285 g/mol. The topological polar surface area (TPSA) is 54.5 Å². The van der Waals surface area contributed by atoms with E-state index >= 15 is 0 Å². The molecule has 0 unspecified atom stereocenters. The zero-order valence-electron chi connectivity index (χ0n) is 12.1. The normalized spacial score (nSPS) is 18.0.